The highest BCUT2D eigenvalue weighted by Crippen LogP contribution is 2.19. The van der Waals surface area contributed by atoms with Crippen LogP contribution in [0.4, 0.5) is 0 Å². The van der Waals surface area contributed by atoms with Gasteiger partial charge in [0.1, 0.15) is 0 Å². The fourth-order valence-electron chi connectivity index (χ4n) is 1.19. The minimum absolute atomic E-state index is 0.201. The van der Waals surface area contributed by atoms with Crippen molar-refractivity contribution in [2.45, 2.75) is 6.54 Å². The summed E-state index contributed by atoms with van der Waals surface area (Å²) < 4.78 is 5.39. The largest absolute Gasteiger partial charge is 0.434 e. The zero-order valence-corrected chi connectivity index (χ0v) is 7.47. The molecule has 0 fully saturated rings. The average Bonchev–Trinajstić information content (AvgIpc) is 2.68. The Morgan fingerprint density at radius 1 is 1.29 bits per heavy atom. The molecule has 0 N–H and O–H groups in total. The van der Waals surface area contributed by atoms with Crippen LogP contribution in [0.3, 0.4) is 0 Å². The Balaban J connectivity index is 2.31. The van der Waals surface area contributed by atoms with Crippen molar-refractivity contribution < 1.29 is 4.42 Å². The molecule has 1 aromatic heterocycles. The minimum Gasteiger partial charge on any atom is -0.434 e. The number of aromatic nitrogens is 1. The Bertz CT molecular complexity index is 454. The Hall–Kier alpha value is -2.08. The Morgan fingerprint density at radius 3 is 2.79 bits per heavy atom. The van der Waals surface area contributed by atoms with E-state index in [0.717, 1.165) is 5.56 Å². The van der Waals surface area contributed by atoms with Gasteiger partial charge >= 0.3 is 0 Å². The molecule has 0 saturated carbocycles. The Kier molecular flexibility index (Phi) is 2.28. The first-order valence-electron chi connectivity index (χ1n) is 4.23. The molecule has 1 aromatic carbocycles. The molecule has 2 aromatic rings. The summed E-state index contributed by atoms with van der Waals surface area (Å²) >= 11 is 0. The first kappa shape index (κ1) is 8.52. The first-order valence-corrected chi connectivity index (χ1v) is 4.23. The van der Waals surface area contributed by atoms with Gasteiger partial charge in [0.2, 0.25) is 0 Å². The fourth-order valence-corrected chi connectivity index (χ4v) is 1.19. The summed E-state index contributed by atoms with van der Waals surface area (Å²) in [6, 6.07) is 9.71. The highest BCUT2D eigenvalue weighted by atomic mass is 16.4. The van der Waals surface area contributed by atoms with Gasteiger partial charge in [-0.25, -0.2) is 11.6 Å². The molecule has 0 radical (unpaired) electrons. The predicted octanol–water partition coefficient (Wildman–Crippen LogP) is 2.76. The monoisotopic (exact) mass is 184 g/mol. The highest BCUT2D eigenvalue weighted by Gasteiger charge is 2.06. The molecule has 0 bridgehead atoms. The van der Waals surface area contributed by atoms with Crippen molar-refractivity contribution in [1.29, 1.82) is 0 Å². The van der Waals surface area contributed by atoms with Crippen LogP contribution in [0.1, 0.15) is 5.89 Å². The number of hydrogen-bond acceptors (Lipinski definition) is 2. The molecule has 0 atom stereocenters. The maximum absolute atomic E-state index is 6.68. The van der Waals surface area contributed by atoms with E-state index in [-0.39, 0.29) is 6.54 Å². The van der Waals surface area contributed by atoms with Gasteiger partial charge in [-0.15, -0.1) is 0 Å². The molecule has 0 aliphatic carbocycles. The highest BCUT2D eigenvalue weighted by molar-refractivity contribution is 5.55. The van der Waals surface area contributed by atoms with Gasteiger partial charge in [0.05, 0.1) is 6.20 Å². The molecule has 3 nitrogen and oxygen atoms in total. The predicted molar refractivity (Wildman–Crippen MR) is 52.2 cm³/mol. The van der Waals surface area contributed by atoms with Gasteiger partial charge < -0.3 is 9.26 Å². The number of benzene rings is 1. The van der Waals surface area contributed by atoms with Crippen LogP contribution in [0.2, 0.25) is 0 Å². The normalized spacial score (nSPS) is 9.64. The van der Waals surface area contributed by atoms with Crippen LogP contribution in [0, 0.1) is 6.57 Å². The van der Waals surface area contributed by atoms with E-state index in [4.69, 9.17) is 11.0 Å². The SMILES string of the molecule is [C-]#[N+]Cc1ncc(-c2ccccc2)o1. The van der Waals surface area contributed by atoms with Gasteiger partial charge in [0.25, 0.3) is 12.4 Å². The van der Waals surface area contributed by atoms with E-state index >= 15 is 0 Å². The lowest BCUT2D eigenvalue weighted by Gasteiger charge is -1.92. The van der Waals surface area contributed by atoms with Crippen LogP contribution in [0.15, 0.2) is 40.9 Å². The summed E-state index contributed by atoms with van der Waals surface area (Å²) in [5.41, 5.74) is 0.983. The van der Waals surface area contributed by atoms with E-state index in [1.165, 1.54) is 0 Å². The quantitative estimate of drug-likeness (QED) is 0.672. The lowest BCUT2D eigenvalue weighted by molar-refractivity contribution is 0.521. The Labute approximate surface area is 81.8 Å². The van der Waals surface area contributed by atoms with E-state index in [2.05, 4.69) is 9.83 Å². The van der Waals surface area contributed by atoms with Crippen molar-refractivity contribution in [1.82, 2.24) is 4.98 Å². The van der Waals surface area contributed by atoms with Gasteiger partial charge in [-0.2, -0.15) is 0 Å². The molecular weight excluding hydrogens is 176 g/mol. The van der Waals surface area contributed by atoms with Crippen LogP contribution >= 0.6 is 0 Å². The zero-order chi connectivity index (χ0) is 9.80. The second-order valence-electron chi connectivity index (χ2n) is 2.80. The summed E-state index contributed by atoms with van der Waals surface area (Å²) in [6.45, 7) is 6.88. The third kappa shape index (κ3) is 1.64. The van der Waals surface area contributed by atoms with Gasteiger partial charge in [-0.3, -0.25) is 0 Å². The van der Waals surface area contributed by atoms with Crippen molar-refractivity contribution in [2.75, 3.05) is 0 Å². The second-order valence-corrected chi connectivity index (χ2v) is 2.80. The molecule has 0 aliphatic rings. The molecule has 0 unspecified atom stereocenters. The number of oxazole rings is 1. The molecule has 68 valence electrons. The van der Waals surface area contributed by atoms with Crippen molar-refractivity contribution >= 4 is 0 Å². The van der Waals surface area contributed by atoms with Gasteiger partial charge in [0, 0.05) is 5.56 Å². The molecular formula is C11H8N2O. The van der Waals surface area contributed by atoms with E-state index in [9.17, 15) is 0 Å². The zero-order valence-electron chi connectivity index (χ0n) is 7.47. The van der Waals surface area contributed by atoms with Crippen LogP contribution in [0.5, 0.6) is 0 Å². The van der Waals surface area contributed by atoms with Gasteiger partial charge in [0.15, 0.2) is 5.76 Å². The van der Waals surface area contributed by atoms with E-state index < -0.39 is 0 Å². The Morgan fingerprint density at radius 2 is 2.07 bits per heavy atom. The van der Waals surface area contributed by atoms with E-state index in [1.54, 1.807) is 6.20 Å². The number of hydrogen-bond donors (Lipinski definition) is 0. The lowest BCUT2D eigenvalue weighted by atomic mass is 10.2. The van der Waals surface area contributed by atoms with Crippen LogP contribution < -0.4 is 0 Å². The molecule has 0 aliphatic heterocycles. The molecule has 0 saturated heterocycles. The maximum Gasteiger partial charge on any atom is 0.289 e. The van der Waals surface area contributed by atoms with Crippen LogP contribution in [-0.4, -0.2) is 4.98 Å². The van der Waals surface area contributed by atoms with Crippen molar-refractivity contribution in [2.24, 2.45) is 0 Å². The van der Waals surface area contributed by atoms with E-state index in [1.807, 2.05) is 30.3 Å². The summed E-state index contributed by atoms with van der Waals surface area (Å²) in [7, 11) is 0. The summed E-state index contributed by atoms with van der Waals surface area (Å²) in [4.78, 5) is 7.21. The number of rotatable bonds is 2. The standard InChI is InChI=1S/C11H8N2O/c1-12-8-11-13-7-10(14-11)9-5-3-2-4-6-9/h2-7H,8H2. The van der Waals surface area contributed by atoms with E-state index in [0.29, 0.717) is 11.7 Å². The molecule has 0 spiro atoms. The fraction of sp³-hybridized carbons (Fsp3) is 0.0909. The summed E-state index contributed by atoms with van der Waals surface area (Å²) in [5.74, 6) is 1.18. The van der Waals surface area contributed by atoms with Gasteiger partial charge in [-0.1, -0.05) is 30.3 Å². The third-order valence-electron chi connectivity index (χ3n) is 1.83. The first-order chi connectivity index (χ1) is 6.90. The number of nitrogens with zero attached hydrogens (tertiary/aromatic N) is 2. The molecule has 1 heterocycles. The maximum atomic E-state index is 6.68. The van der Waals surface area contributed by atoms with Crippen molar-refractivity contribution in [3.63, 3.8) is 0 Å². The van der Waals surface area contributed by atoms with Crippen LogP contribution in [-0.2, 0) is 6.54 Å². The second kappa shape index (κ2) is 3.75. The molecule has 14 heavy (non-hydrogen) atoms. The molecule has 3 heteroatoms. The minimum atomic E-state index is 0.201. The average molecular weight is 184 g/mol. The topological polar surface area (TPSA) is 30.4 Å². The van der Waals surface area contributed by atoms with Gasteiger partial charge in [-0.05, 0) is 0 Å². The lowest BCUT2D eigenvalue weighted by Crippen LogP contribution is -1.74. The molecule has 0 amide bonds. The molecule has 2 rings (SSSR count). The van der Waals surface area contributed by atoms with Crippen LogP contribution in [0.25, 0.3) is 16.2 Å². The van der Waals surface area contributed by atoms with Crippen molar-refractivity contribution in [3.05, 3.63) is 53.8 Å². The smallest absolute Gasteiger partial charge is 0.289 e. The summed E-state index contributed by atoms with van der Waals surface area (Å²) in [5, 5.41) is 0. The van der Waals surface area contributed by atoms with Crippen molar-refractivity contribution in [3.8, 4) is 11.3 Å². The third-order valence-corrected chi connectivity index (χ3v) is 1.83. The summed E-state index contributed by atoms with van der Waals surface area (Å²) in [6.07, 6.45) is 1.65.